The van der Waals surface area contributed by atoms with Crippen molar-refractivity contribution >= 4 is 32.2 Å². The number of halogens is 1. The predicted octanol–water partition coefficient (Wildman–Crippen LogP) is 3.48. The first-order valence-corrected chi connectivity index (χ1v) is 10.9. The van der Waals surface area contributed by atoms with E-state index in [2.05, 4.69) is 10.3 Å². The van der Waals surface area contributed by atoms with Crippen molar-refractivity contribution in [2.24, 2.45) is 0 Å². The SMILES string of the molecule is CC(C(=O)Nc1nc(-c2ccc3c(c2)OCO3)cs1)S(=O)(=O)c1ccc(F)cc1. The highest BCUT2D eigenvalue weighted by Gasteiger charge is 2.30. The Morgan fingerprint density at radius 3 is 2.66 bits per heavy atom. The summed E-state index contributed by atoms with van der Waals surface area (Å²) in [6, 6.07) is 9.71. The third-order valence-electron chi connectivity index (χ3n) is 4.38. The standard InChI is InChI=1S/C19H15FN2O5S2/c1-11(29(24,25)14-5-3-13(20)4-6-14)18(23)22-19-21-15(9-28-19)12-2-7-16-17(8-12)27-10-26-16/h2-9,11H,10H2,1H3,(H,21,22,23). The molecule has 1 atom stereocenters. The van der Waals surface area contributed by atoms with Crippen LogP contribution in [0.1, 0.15) is 6.92 Å². The number of aromatic nitrogens is 1. The van der Waals surface area contributed by atoms with Gasteiger partial charge >= 0.3 is 0 Å². The molecule has 7 nitrogen and oxygen atoms in total. The van der Waals surface area contributed by atoms with Crippen molar-refractivity contribution in [3.8, 4) is 22.8 Å². The van der Waals surface area contributed by atoms with Crippen molar-refractivity contribution < 1.29 is 27.1 Å². The normalized spacial score (nSPS) is 13.9. The molecular formula is C19H15FN2O5S2. The maximum absolute atomic E-state index is 13.0. The van der Waals surface area contributed by atoms with E-state index >= 15 is 0 Å². The molecule has 0 radical (unpaired) electrons. The first-order chi connectivity index (χ1) is 13.8. The van der Waals surface area contributed by atoms with Crippen LogP contribution in [0.25, 0.3) is 11.3 Å². The van der Waals surface area contributed by atoms with E-state index < -0.39 is 26.8 Å². The number of sulfone groups is 1. The molecule has 0 saturated carbocycles. The maximum atomic E-state index is 13.0. The summed E-state index contributed by atoms with van der Waals surface area (Å²) in [5, 5.41) is 3.17. The number of hydrogen-bond donors (Lipinski definition) is 1. The van der Waals surface area contributed by atoms with Gasteiger partial charge in [0.2, 0.25) is 12.7 Å². The monoisotopic (exact) mass is 434 g/mol. The topological polar surface area (TPSA) is 94.6 Å². The van der Waals surface area contributed by atoms with Crippen LogP contribution in [0.4, 0.5) is 9.52 Å². The summed E-state index contributed by atoms with van der Waals surface area (Å²) < 4.78 is 48.8. The summed E-state index contributed by atoms with van der Waals surface area (Å²) in [7, 11) is -3.96. The average Bonchev–Trinajstić information content (AvgIpc) is 3.36. The highest BCUT2D eigenvalue weighted by Crippen LogP contribution is 2.36. The maximum Gasteiger partial charge on any atom is 0.244 e. The Morgan fingerprint density at radius 1 is 1.17 bits per heavy atom. The zero-order chi connectivity index (χ0) is 20.6. The fourth-order valence-corrected chi connectivity index (χ4v) is 4.68. The van der Waals surface area contributed by atoms with Crippen molar-refractivity contribution in [3.05, 3.63) is 53.7 Å². The largest absolute Gasteiger partial charge is 0.454 e. The molecule has 0 aliphatic carbocycles. The van der Waals surface area contributed by atoms with Crippen LogP contribution >= 0.6 is 11.3 Å². The van der Waals surface area contributed by atoms with Crippen LogP contribution in [0.3, 0.4) is 0 Å². The molecule has 150 valence electrons. The number of thiazole rings is 1. The molecule has 0 saturated heterocycles. The van der Waals surface area contributed by atoms with Gasteiger partial charge in [-0.25, -0.2) is 17.8 Å². The third-order valence-corrected chi connectivity index (χ3v) is 7.21. The number of nitrogens with zero attached hydrogens (tertiary/aromatic N) is 1. The van der Waals surface area contributed by atoms with E-state index in [1.54, 1.807) is 17.5 Å². The van der Waals surface area contributed by atoms with Crippen LogP contribution in [0, 0.1) is 5.82 Å². The Hall–Kier alpha value is -2.98. The van der Waals surface area contributed by atoms with Crippen LogP contribution in [0.5, 0.6) is 11.5 Å². The smallest absolute Gasteiger partial charge is 0.244 e. The molecule has 0 fully saturated rings. The van der Waals surface area contributed by atoms with Gasteiger partial charge in [-0.1, -0.05) is 0 Å². The molecule has 1 N–H and O–H groups in total. The lowest BCUT2D eigenvalue weighted by Crippen LogP contribution is -2.32. The molecular weight excluding hydrogens is 419 g/mol. The number of amides is 1. The van der Waals surface area contributed by atoms with E-state index in [1.807, 2.05) is 6.07 Å². The number of rotatable bonds is 5. The molecule has 1 amide bonds. The Bertz CT molecular complexity index is 1180. The van der Waals surface area contributed by atoms with Crippen molar-refractivity contribution in [1.29, 1.82) is 0 Å². The van der Waals surface area contributed by atoms with E-state index in [9.17, 15) is 17.6 Å². The summed E-state index contributed by atoms with van der Waals surface area (Å²) in [5.41, 5.74) is 1.38. The predicted molar refractivity (Wildman–Crippen MR) is 105 cm³/mol. The Balaban J connectivity index is 1.49. The minimum Gasteiger partial charge on any atom is -0.454 e. The van der Waals surface area contributed by atoms with E-state index in [1.165, 1.54) is 18.3 Å². The molecule has 4 rings (SSSR count). The van der Waals surface area contributed by atoms with Crippen LogP contribution in [0.15, 0.2) is 52.7 Å². The van der Waals surface area contributed by atoms with E-state index in [0.717, 1.165) is 29.8 Å². The van der Waals surface area contributed by atoms with E-state index in [4.69, 9.17) is 9.47 Å². The van der Waals surface area contributed by atoms with Gasteiger partial charge in [0.1, 0.15) is 11.1 Å². The molecule has 2 heterocycles. The zero-order valence-electron chi connectivity index (χ0n) is 15.1. The summed E-state index contributed by atoms with van der Waals surface area (Å²) in [4.78, 5) is 16.7. The second-order valence-corrected chi connectivity index (χ2v) is 9.36. The lowest BCUT2D eigenvalue weighted by atomic mass is 10.1. The Kier molecular flexibility index (Phi) is 4.97. The lowest BCUT2D eigenvalue weighted by molar-refractivity contribution is -0.115. The quantitative estimate of drug-likeness (QED) is 0.618. The molecule has 2 aromatic carbocycles. The molecule has 0 bridgehead atoms. The number of carbonyl (C=O) groups is 1. The minimum absolute atomic E-state index is 0.123. The van der Waals surface area contributed by atoms with Gasteiger partial charge in [0, 0.05) is 10.9 Å². The first-order valence-electron chi connectivity index (χ1n) is 8.50. The molecule has 10 heteroatoms. The summed E-state index contributed by atoms with van der Waals surface area (Å²) in [6.07, 6.45) is 0. The average molecular weight is 434 g/mol. The molecule has 1 aliphatic heterocycles. The van der Waals surface area contributed by atoms with Gasteiger partial charge in [-0.3, -0.25) is 4.79 Å². The van der Waals surface area contributed by atoms with Gasteiger partial charge in [-0.05, 0) is 49.4 Å². The number of carbonyl (C=O) groups excluding carboxylic acids is 1. The van der Waals surface area contributed by atoms with Gasteiger partial charge in [0.05, 0.1) is 10.6 Å². The molecule has 1 unspecified atom stereocenters. The Morgan fingerprint density at radius 2 is 1.90 bits per heavy atom. The second kappa shape index (κ2) is 7.45. The zero-order valence-corrected chi connectivity index (χ0v) is 16.7. The number of anilines is 1. The molecule has 1 aromatic heterocycles. The number of nitrogens with one attached hydrogen (secondary N) is 1. The van der Waals surface area contributed by atoms with Crippen LogP contribution < -0.4 is 14.8 Å². The highest BCUT2D eigenvalue weighted by atomic mass is 32.2. The van der Waals surface area contributed by atoms with Crippen LogP contribution in [-0.2, 0) is 14.6 Å². The molecule has 0 spiro atoms. The van der Waals surface area contributed by atoms with Crippen molar-refractivity contribution in [1.82, 2.24) is 4.98 Å². The molecule has 1 aliphatic rings. The van der Waals surface area contributed by atoms with Gasteiger partial charge in [0.25, 0.3) is 0 Å². The molecule has 29 heavy (non-hydrogen) atoms. The van der Waals surface area contributed by atoms with Crippen LogP contribution in [-0.4, -0.2) is 31.4 Å². The number of hydrogen-bond acceptors (Lipinski definition) is 7. The van der Waals surface area contributed by atoms with Crippen molar-refractivity contribution in [2.45, 2.75) is 17.1 Å². The summed E-state index contributed by atoms with van der Waals surface area (Å²) in [5.74, 6) is -0.0155. The van der Waals surface area contributed by atoms with Crippen molar-refractivity contribution in [3.63, 3.8) is 0 Å². The highest BCUT2D eigenvalue weighted by molar-refractivity contribution is 7.92. The van der Waals surface area contributed by atoms with Gasteiger partial charge < -0.3 is 14.8 Å². The number of ether oxygens (including phenoxy) is 2. The second-order valence-electron chi connectivity index (χ2n) is 6.24. The van der Waals surface area contributed by atoms with Crippen molar-refractivity contribution in [2.75, 3.05) is 12.1 Å². The lowest BCUT2D eigenvalue weighted by Gasteiger charge is -2.12. The van der Waals surface area contributed by atoms with E-state index in [-0.39, 0.29) is 16.8 Å². The molecule has 3 aromatic rings. The Labute approximate surface area is 170 Å². The van der Waals surface area contributed by atoms with Gasteiger partial charge in [-0.2, -0.15) is 0 Å². The minimum atomic E-state index is -3.96. The number of benzene rings is 2. The van der Waals surface area contributed by atoms with Gasteiger partial charge in [0.15, 0.2) is 26.5 Å². The number of fused-ring (bicyclic) bond motifs is 1. The van der Waals surface area contributed by atoms with Crippen LogP contribution in [0.2, 0.25) is 0 Å². The first kappa shape index (κ1) is 19.3. The fourth-order valence-electron chi connectivity index (χ4n) is 2.70. The summed E-state index contributed by atoms with van der Waals surface area (Å²) in [6.45, 7) is 1.44. The van der Waals surface area contributed by atoms with E-state index in [0.29, 0.717) is 17.2 Å². The fraction of sp³-hybridized carbons (Fsp3) is 0.158. The third kappa shape index (κ3) is 3.81. The van der Waals surface area contributed by atoms with Gasteiger partial charge in [-0.15, -0.1) is 11.3 Å². The summed E-state index contributed by atoms with van der Waals surface area (Å²) >= 11 is 1.17.